The summed E-state index contributed by atoms with van der Waals surface area (Å²) in [6, 6.07) is 12.9. The first-order valence-corrected chi connectivity index (χ1v) is 6.86. The number of aliphatic hydroxyl groups is 1. The van der Waals surface area contributed by atoms with Crippen LogP contribution in [0.5, 0.6) is 5.75 Å². The van der Waals surface area contributed by atoms with Gasteiger partial charge in [0.2, 0.25) is 0 Å². The van der Waals surface area contributed by atoms with Gasteiger partial charge in [0, 0.05) is 12.6 Å². The van der Waals surface area contributed by atoms with Crippen molar-refractivity contribution >= 4 is 17.4 Å². The van der Waals surface area contributed by atoms with Gasteiger partial charge in [-0.15, -0.1) is 0 Å². The Balaban J connectivity index is 2.00. The minimum Gasteiger partial charge on any atom is -0.507 e. The number of fused-ring (bicyclic) bond motifs is 1. The van der Waals surface area contributed by atoms with Gasteiger partial charge in [0.1, 0.15) is 5.75 Å². The van der Waals surface area contributed by atoms with Crippen molar-refractivity contribution in [3.05, 3.63) is 59.7 Å². The van der Waals surface area contributed by atoms with E-state index in [1.807, 2.05) is 0 Å². The standard InChI is InChI=1S/C17H15NO4/c1-18-13-8-4-3-7-12(13)17(22,16(18)21)10-15(20)11-6-2-5-9-14(11)19/h2-9,19,22H,10H2,1H3. The normalized spacial score (nSPS) is 20.1. The first kappa shape index (κ1) is 14.3. The molecule has 112 valence electrons. The molecule has 0 aliphatic carbocycles. The molecule has 0 bridgehead atoms. The summed E-state index contributed by atoms with van der Waals surface area (Å²) >= 11 is 0. The monoisotopic (exact) mass is 297 g/mol. The second-order valence-corrected chi connectivity index (χ2v) is 5.36. The number of nitrogens with zero attached hydrogens (tertiary/aromatic N) is 1. The van der Waals surface area contributed by atoms with E-state index in [0.29, 0.717) is 11.3 Å². The smallest absolute Gasteiger partial charge is 0.263 e. The minimum absolute atomic E-state index is 0.0933. The summed E-state index contributed by atoms with van der Waals surface area (Å²) in [5, 5.41) is 20.6. The van der Waals surface area contributed by atoms with Gasteiger partial charge >= 0.3 is 0 Å². The SMILES string of the molecule is CN1C(=O)C(O)(CC(=O)c2ccccc2O)c2ccccc21. The Bertz CT molecular complexity index is 771. The van der Waals surface area contributed by atoms with Crippen molar-refractivity contribution in [2.45, 2.75) is 12.0 Å². The summed E-state index contributed by atoms with van der Waals surface area (Å²) in [7, 11) is 1.56. The van der Waals surface area contributed by atoms with Gasteiger partial charge in [0.05, 0.1) is 17.7 Å². The van der Waals surface area contributed by atoms with E-state index < -0.39 is 23.7 Å². The number of benzene rings is 2. The summed E-state index contributed by atoms with van der Waals surface area (Å²) < 4.78 is 0. The van der Waals surface area contributed by atoms with Crippen molar-refractivity contribution in [1.29, 1.82) is 0 Å². The van der Waals surface area contributed by atoms with Gasteiger partial charge in [0.25, 0.3) is 5.91 Å². The molecule has 1 amide bonds. The molecule has 5 nitrogen and oxygen atoms in total. The molecule has 1 aliphatic heterocycles. The second kappa shape index (κ2) is 4.96. The highest BCUT2D eigenvalue weighted by atomic mass is 16.3. The van der Waals surface area contributed by atoms with Crippen molar-refractivity contribution < 1.29 is 19.8 Å². The first-order valence-electron chi connectivity index (χ1n) is 6.86. The number of hydrogen-bond donors (Lipinski definition) is 2. The Kier molecular flexibility index (Phi) is 3.22. The average molecular weight is 297 g/mol. The number of aromatic hydroxyl groups is 1. The van der Waals surface area contributed by atoms with Gasteiger partial charge in [-0.2, -0.15) is 0 Å². The molecule has 0 saturated carbocycles. The summed E-state index contributed by atoms with van der Waals surface area (Å²) in [5.41, 5.74) is -0.813. The molecule has 0 saturated heterocycles. The fourth-order valence-corrected chi connectivity index (χ4v) is 2.83. The number of rotatable bonds is 3. The van der Waals surface area contributed by atoms with Crippen LogP contribution in [0.3, 0.4) is 0 Å². The van der Waals surface area contributed by atoms with Crippen LogP contribution in [-0.2, 0) is 10.4 Å². The predicted octanol–water partition coefficient (Wildman–Crippen LogP) is 1.83. The van der Waals surface area contributed by atoms with E-state index in [1.165, 1.54) is 17.0 Å². The van der Waals surface area contributed by atoms with Gasteiger partial charge in [0.15, 0.2) is 11.4 Å². The number of para-hydroxylation sites is 2. The zero-order valence-electron chi connectivity index (χ0n) is 12.0. The molecule has 2 aromatic carbocycles. The number of Topliss-reactive ketones (excluding diaryl/α,β-unsaturated/α-hetero) is 1. The highest BCUT2D eigenvalue weighted by Crippen LogP contribution is 2.42. The van der Waals surface area contributed by atoms with Crippen molar-refractivity contribution in [3.63, 3.8) is 0 Å². The number of likely N-dealkylation sites (N-methyl/N-ethyl adjacent to an activating group) is 1. The van der Waals surface area contributed by atoms with Crippen LogP contribution in [0.25, 0.3) is 0 Å². The van der Waals surface area contributed by atoms with Gasteiger partial charge in [-0.05, 0) is 18.2 Å². The zero-order valence-corrected chi connectivity index (χ0v) is 12.0. The molecule has 0 fully saturated rings. The van der Waals surface area contributed by atoms with Crippen LogP contribution in [0.4, 0.5) is 5.69 Å². The van der Waals surface area contributed by atoms with Crippen molar-refractivity contribution in [2.24, 2.45) is 0 Å². The lowest BCUT2D eigenvalue weighted by molar-refractivity contribution is -0.135. The number of carbonyl (C=O) groups excluding carboxylic acids is 2. The number of phenolic OH excluding ortho intramolecular Hbond substituents is 1. The van der Waals surface area contributed by atoms with Gasteiger partial charge < -0.3 is 15.1 Å². The molecule has 2 aromatic rings. The Morgan fingerprint density at radius 3 is 2.50 bits per heavy atom. The van der Waals surface area contributed by atoms with Crippen LogP contribution in [0, 0.1) is 0 Å². The third kappa shape index (κ3) is 1.98. The van der Waals surface area contributed by atoms with Crippen LogP contribution in [0.2, 0.25) is 0 Å². The van der Waals surface area contributed by atoms with Crippen molar-refractivity contribution in [1.82, 2.24) is 0 Å². The van der Waals surface area contributed by atoms with E-state index in [-0.39, 0.29) is 11.3 Å². The van der Waals surface area contributed by atoms with Crippen molar-refractivity contribution in [2.75, 3.05) is 11.9 Å². The lowest BCUT2D eigenvalue weighted by Gasteiger charge is -2.21. The number of phenols is 1. The molecule has 22 heavy (non-hydrogen) atoms. The second-order valence-electron chi connectivity index (χ2n) is 5.36. The zero-order chi connectivity index (χ0) is 15.9. The average Bonchev–Trinajstić information content (AvgIpc) is 2.70. The summed E-state index contributed by atoms with van der Waals surface area (Å²) in [4.78, 5) is 26.1. The van der Waals surface area contributed by atoms with Crippen LogP contribution in [0.15, 0.2) is 48.5 Å². The maximum Gasteiger partial charge on any atom is 0.263 e. The Hall–Kier alpha value is -2.66. The van der Waals surface area contributed by atoms with Crippen LogP contribution >= 0.6 is 0 Å². The summed E-state index contributed by atoms with van der Waals surface area (Å²) in [5.74, 6) is -1.19. The molecule has 1 atom stereocenters. The molecule has 3 rings (SSSR count). The molecule has 1 aliphatic rings. The molecule has 5 heteroatoms. The Morgan fingerprint density at radius 1 is 1.14 bits per heavy atom. The Morgan fingerprint density at radius 2 is 1.77 bits per heavy atom. The fourth-order valence-electron chi connectivity index (χ4n) is 2.83. The maximum atomic E-state index is 12.4. The van der Waals surface area contributed by atoms with E-state index in [0.717, 1.165) is 0 Å². The molecular formula is C17H15NO4. The van der Waals surface area contributed by atoms with Gasteiger partial charge in [-0.1, -0.05) is 30.3 Å². The highest BCUT2D eigenvalue weighted by Gasteiger charge is 2.49. The maximum absolute atomic E-state index is 12.4. The largest absolute Gasteiger partial charge is 0.507 e. The minimum atomic E-state index is -1.90. The number of carbonyl (C=O) groups is 2. The topological polar surface area (TPSA) is 77.8 Å². The van der Waals surface area contributed by atoms with E-state index in [1.54, 1.807) is 43.4 Å². The third-order valence-electron chi connectivity index (χ3n) is 3.99. The van der Waals surface area contributed by atoms with E-state index in [2.05, 4.69) is 0 Å². The summed E-state index contributed by atoms with van der Waals surface area (Å²) in [6.07, 6.45) is -0.412. The lowest BCUT2D eigenvalue weighted by Crippen LogP contribution is -2.40. The Labute approximate surface area is 127 Å². The third-order valence-corrected chi connectivity index (χ3v) is 3.99. The van der Waals surface area contributed by atoms with E-state index in [4.69, 9.17) is 0 Å². The highest BCUT2D eigenvalue weighted by molar-refractivity contribution is 6.10. The van der Waals surface area contributed by atoms with Gasteiger partial charge in [-0.25, -0.2) is 0 Å². The fraction of sp³-hybridized carbons (Fsp3) is 0.176. The van der Waals surface area contributed by atoms with Crippen molar-refractivity contribution in [3.8, 4) is 5.75 Å². The molecule has 2 N–H and O–H groups in total. The number of amides is 1. The van der Waals surface area contributed by atoms with Crippen LogP contribution < -0.4 is 4.90 Å². The van der Waals surface area contributed by atoms with E-state index >= 15 is 0 Å². The first-order chi connectivity index (χ1) is 10.4. The molecular weight excluding hydrogens is 282 g/mol. The molecule has 0 radical (unpaired) electrons. The van der Waals surface area contributed by atoms with E-state index in [9.17, 15) is 19.8 Å². The van der Waals surface area contributed by atoms with Crippen LogP contribution in [-0.4, -0.2) is 29.0 Å². The molecule has 1 unspecified atom stereocenters. The predicted molar refractivity (Wildman–Crippen MR) is 80.8 cm³/mol. The number of hydrogen-bond acceptors (Lipinski definition) is 4. The van der Waals surface area contributed by atoms with Gasteiger partial charge in [-0.3, -0.25) is 9.59 Å². The number of ketones is 1. The molecule has 0 spiro atoms. The molecule has 0 aromatic heterocycles. The van der Waals surface area contributed by atoms with Crippen LogP contribution in [0.1, 0.15) is 22.3 Å². The lowest BCUT2D eigenvalue weighted by atomic mass is 9.88. The molecule has 1 heterocycles. The quantitative estimate of drug-likeness (QED) is 0.847. The summed E-state index contributed by atoms with van der Waals surface area (Å²) in [6.45, 7) is 0. The number of anilines is 1.